The van der Waals surface area contributed by atoms with Crippen LogP contribution in [0.25, 0.3) is 11.1 Å². The van der Waals surface area contributed by atoms with Crippen LogP contribution >= 0.6 is 0 Å². The van der Waals surface area contributed by atoms with Gasteiger partial charge in [-0.25, -0.2) is 0 Å². The van der Waals surface area contributed by atoms with Crippen LogP contribution in [0.3, 0.4) is 0 Å². The van der Waals surface area contributed by atoms with Gasteiger partial charge in [0, 0.05) is 0 Å². The first kappa shape index (κ1) is 17.7. The summed E-state index contributed by atoms with van der Waals surface area (Å²) in [5.74, 6) is -0.616. The second-order valence-corrected chi connectivity index (χ2v) is 16.1. The van der Waals surface area contributed by atoms with Crippen LogP contribution in [0.4, 0.5) is 0 Å². The van der Waals surface area contributed by atoms with E-state index in [4.69, 9.17) is 9.47 Å². The van der Waals surface area contributed by atoms with Gasteiger partial charge in [0.15, 0.2) is 0 Å². The molecule has 0 atom stereocenters. The summed E-state index contributed by atoms with van der Waals surface area (Å²) in [5, 5.41) is 2.12. The summed E-state index contributed by atoms with van der Waals surface area (Å²) in [6.45, 7) is 4.44. The van der Waals surface area contributed by atoms with Crippen molar-refractivity contribution in [2.24, 2.45) is 0 Å². The van der Waals surface area contributed by atoms with Gasteiger partial charge in [-0.2, -0.15) is 0 Å². The molecule has 1 heterocycles. The van der Waals surface area contributed by atoms with Crippen molar-refractivity contribution in [2.75, 3.05) is 14.2 Å². The fraction of sp³-hybridized carbons (Fsp3) is 0.300. The van der Waals surface area contributed by atoms with Crippen molar-refractivity contribution >= 4 is 34.0 Å². The van der Waals surface area contributed by atoms with E-state index >= 15 is 0 Å². The Morgan fingerprint density at radius 3 is 1.52 bits per heavy atom. The predicted molar refractivity (Wildman–Crippen MR) is 101 cm³/mol. The summed E-state index contributed by atoms with van der Waals surface area (Å²) in [6.07, 6.45) is 0. The first-order valence-electron chi connectivity index (χ1n) is 8.48. The van der Waals surface area contributed by atoms with E-state index in [0.29, 0.717) is 11.1 Å². The van der Waals surface area contributed by atoms with E-state index in [9.17, 15) is 9.59 Å². The first-order valence-corrected chi connectivity index (χ1v) is 13.5. The van der Waals surface area contributed by atoms with Gasteiger partial charge in [-0.3, -0.25) is 0 Å². The summed E-state index contributed by atoms with van der Waals surface area (Å²) in [6, 6.07) is 11.7. The number of methoxy groups -OCH3 is 2. The van der Waals surface area contributed by atoms with Gasteiger partial charge >= 0.3 is 150 Å². The molecule has 0 N–H and O–H groups in total. The molecule has 0 fully saturated rings. The molecule has 5 heteroatoms. The second-order valence-electron chi connectivity index (χ2n) is 6.29. The molecule has 0 aromatic heterocycles. The molecule has 130 valence electrons. The van der Waals surface area contributed by atoms with Gasteiger partial charge in [-0.1, -0.05) is 0 Å². The van der Waals surface area contributed by atoms with Crippen molar-refractivity contribution in [3.8, 4) is 11.1 Å². The number of benzene rings is 2. The van der Waals surface area contributed by atoms with Crippen LogP contribution in [0.15, 0.2) is 36.4 Å². The quantitative estimate of drug-likeness (QED) is 0.587. The van der Waals surface area contributed by atoms with Crippen molar-refractivity contribution in [3.63, 3.8) is 0 Å². The van der Waals surface area contributed by atoms with Crippen LogP contribution in [0.1, 0.15) is 34.6 Å². The molecular weight excluding hydrogens is 377 g/mol. The van der Waals surface area contributed by atoms with Gasteiger partial charge in [0.25, 0.3) is 0 Å². The van der Waals surface area contributed by atoms with Gasteiger partial charge in [-0.05, 0) is 0 Å². The van der Waals surface area contributed by atoms with E-state index in [1.165, 1.54) is 34.1 Å². The Bertz CT molecular complexity index is 785. The zero-order valence-electron chi connectivity index (χ0n) is 15.0. The number of hydrogen-bond acceptors (Lipinski definition) is 4. The van der Waals surface area contributed by atoms with E-state index < -0.39 is 13.3 Å². The fourth-order valence-corrected chi connectivity index (χ4v) is 13.7. The number of carbonyl (C=O) groups excluding carboxylic acids is 2. The van der Waals surface area contributed by atoms with E-state index in [1.54, 1.807) is 0 Å². The zero-order valence-corrected chi connectivity index (χ0v) is 17.1. The van der Waals surface area contributed by atoms with E-state index in [2.05, 4.69) is 13.8 Å². The maximum absolute atomic E-state index is 12.0. The van der Waals surface area contributed by atoms with Crippen LogP contribution in [0.5, 0.6) is 0 Å². The zero-order chi connectivity index (χ0) is 18.2. The molecule has 0 radical (unpaired) electrons. The molecule has 2 aromatic carbocycles. The number of hydrogen-bond donors (Lipinski definition) is 0. The molecule has 1 aliphatic rings. The van der Waals surface area contributed by atoms with Gasteiger partial charge in [0.05, 0.1) is 0 Å². The van der Waals surface area contributed by atoms with Crippen molar-refractivity contribution in [1.29, 1.82) is 0 Å². The van der Waals surface area contributed by atoms with Crippen molar-refractivity contribution in [3.05, 3.63) is 47.5 Å². The topological polar surface area (TPSA) is 52.6 Å². The van der Waals surface area contributed by atoms with E-state index in [1.807, 2.05) is 36.4 Å². The number of esters is 2. The Morgan fingerprint density at radius 1 is 0.800 bits per heavy atom. The Morgan fingerprint density at radius 2 is 1.20 bits per heavy atom. The summed E-state index contributed by atoms with van der Waals surface area (Å²) >= 11 is -2.64. The molecule has 0 aliphatic carbocycles. The summed E-state index contributed by atoms with van der Waals surface area (Å²) in [5.41, 5.74) is 3.59. The fourth-order valence-electron chi connectivity index (χ4n) is 4.00. The third-order valence-corrected chi connectivity index (χ3v) is 16.5. The Balaban J connectivity index is 2.25. The number of fused-ring (bicyclic) bond motifs is 3. The van der Waals surface area contributed by atoms with Crippen LogP contribution < -0.4 is 8.79 Å². The molecule has 0 amide bonds. The normalized spacial score (nSPS) is 13.8. The molecular formula is C20H22GeO4. The average molecular weight is 399 g/mol. The third-order valence-electron chi connectivity index (χ3n) is 5.41. The Hall–Kier alpha value is -2.08. The molecule has 25 heavy (non-hydrogen) atoms. The van der Waals surface area contributed by atoms with Gasteiger partial charge in [0.1, 0.15) is 0 Å². The minimum absolute atomic E-state index is 0.308. The minimum atomic E-state index is -2.64. The second kappa shape index (κ2) is 6.67. The molecule has 2 aromatic rings. The van der Waals surface area contributed by atoms with Crippen LogP contribution in [-0.4, -0.2) is 39.4 Å². The van der Waals surface area contributed by atoms with E-state index in [-0.39, 0.29) is 11.9 Å². The van der Waals surface area contributed by atoms with Crippen LogP contribution in [0.2, 0.25) is 10.5 Å². The number of ether oxygens (including phenoxy) is 2. The monoisotopic (exact) mass is 400 g/mol. The van der Waals surface area contributed by atoms with Crippen molar-refractivity contribution < 1.29 is 19.1 Å². The predicted octanol–water partition coefficient (Wildman–Crippen LogP) is 2.84. The van der Waals surface area contributed by atoms with Crippen molar-refractivity contribution in [1.82, 2.24) is 0 Å². The Kier molecular flexibility index (Phi) is 4.73. The number of carbonyl (C=O) groups is 2. The molecule has 0 spiro atoms. The number of rotatable bonds is 4. The first-order chi connectivity index (χ1) is 12.0. The maximum atomic E-state index is 12.0. The SMILES string of the molecule is C[CH2][Ge]1([CH2]C)[c]2cc(C(=O)OC)ccc2-c2ccc(C(=O)OC)c[c]21. The van der Waals surface area contributed by atoms with Crippen LogP contribution in [0, 0.1) is 0 Å². The van der Waals surface area contributed by atoms with Gasteiger partial charge < -0.3 is 0 Å². The molecule has 3 rings (SSSR count). The summed E-state index contributed by atoms with van der Waals surface area (Å²) < 4.78 is 12.4. The van der Waals surface area contributed by atoms with Crippen LogP contribution in [-0.2, 0) is 9.47 Å². The van der Waals surface area contributed by atoms with Crippen molar-refractivity contribution in [2.45, 2.75) is 24.4 Å². The Labute approximate surface area is 150 Å². The molecule has 0 saturated heterocycles. The average Bonchev–Trinajstić information content (AvgIpc) is 2.95. The standard InChI is InChI=1S/C20H22GeO4/c1-5-21(6-2)17-11-13(19(22)24-3)7-9-15(17)16-10-8-14(12-18(16)21)20(23)25-4/h7-12H,5-6H2,1-4H3. The third kappa shape index (κ3) is 2.59. The summed E-state index contributed by atoms with van der Waals surface area (Å²) in [4.78, 5) is 24.0. The molecule has 0 bridgehead atoms. The molecule has 0 unspecified atom stereocenters. The van der Waals surface area contributed by atoms with E-state index in [0.717, 1.165) is 10.5 Å². The van der Waals surface area contributed by atoms with Gasteiger partial charge in [-0.15, -0.1) is 0 Å². The molecule has 0 saturated carbocycles. The molecule has 1 aliphatic heterocycles. The summed E-state index contributed by atoms with van der Waals surface area (Å²) in [7, 11) is 2.81. The molecule has 4 nitrogen and oxygen atoms in total. The van der Waals surface area contributed by atoms with Gasteiger partial charge in [0.2, 0.25) is 0 Å².